The van der Waals surface area contributed by atoms with Gasteiger partial charge in [0.05, 0.1) is 62.3 Å². The molecular formula is C45H25N5. The number of nitrogens with zero attached hydrogens (tertiary/aromatic N) is 5. The molecule has 0 saturated heterocycles. The molecule has 0 spiro atoms. The molecule has 0 atom stereocenters. The van der Waals surface area contributed by atoms with Crippen molar-refractivity contribution in [3.63, 3.8) is 0 Å². The van der Waals surface area contributed by atoms with E-state index in [9.17, 15) is 15.8 Å². The number of benzene rings is 7. The summed E-state index contributed by atoms with van der Waals surface area (Å²) in [6, 6.07) is 57.6. The van der Waals surface area contributed by atoms with Gasteiger partial charge in [0.15, 0.2) is 0 Å². The fraction of sp³-hybridized carbons (Fsp3) is 0. The fourth-order valence-electron chi connectivity index (χ4n) is 7.53. The minimum absolute atomic E-state index is 0.534. The molecule has 5 heteroatoms. The predicted molar refractivity (Wildman–Crippen MR) is 200 cm³/mol. The van der Waals surface area contributed by atoms with Crippen molar-refractivity contribution in [3.05, 3.63) is 168 Å². The lowest BCUT2D eigenvalue weighted by Gasteiger charge is -2.19. The van der Waals surface area contributed by atoms with Gasteiger partial charge in [-0.05, 0) is 71.8 Å². The first-order chi connectivity index (χ1) is 24.7. The lowest BCUT2D eigenvalue weighted by Crippen LogP contribution is -2.01. The van der Waals surface area contributed by atoms with Crippen molar-refractivity contribution >= 4 is 43.6 Å². The number of hydrogen-bond donors (Lipinski definition) is 0. The van der Waals surface area contributed by atoms with E-state index in [1.165, 1.54) is 0 Å². The van der Waals surface area contributed by atoms with Crippen LogP contribution in [0.5, 0.6) is 0 Å². The van der Waals surface area contributed by atoms with Crippen molar-refractivity contribution in [1.29, 1.82) is 15.8 Å². The zero-order valence-corrected chi connectivity index (χ0v) is 26.7. The van der Waals surface area contributed by atoms with Crippen LogP contribution in [0.2, 0.25) is 0 Å². The third kappa shape index (κ3) is 4.24. The molecule has 0 aliphatic heterocycles. The second kappa shape index (κ2) is 11.4. The average Bonchev–Trinajstić information content (AvgIpc) is 3.69. The molecule has 2 heterocycles. The Balaban J connectivity index is 1.28. The quantitative estimate of drug-likeness (QED) is 0.193. The highest BCUT2D eigenvalue weighted by Crippen LogP contribution is 2.42. The van der Waals surface area contributed by atoms with Crippen LogP contribution < -0.4 is 0 Å². The van der Waals surface area contributed by atoms with E-state index in [1.807, 2.05) is 103 Å². The molecular weight excluding hydrogens is 611 g/mol. The Morgan fingerprint density at radius 1 is 0.380 bits per heavy atom. The summed E-state index contributed by atoms with van der Waals surface area (Å²) in [7, 11) is 0. The standard InChI is InChI=1S/C45H25N5/c46-26-29-20-22-44-38(24-29)36-13-3-7-18-42(36)50(44)43-19-8-4-14-37(43)45-31(27-47)10-9-15-33(45)30-21-23-39(32(25-30)28-48)49-40-16-5-1-11-34(40)35-12-2-6-17-41(35)49/h1-25H. The molecule has 0 aliphatic rings. The largest absolute Gasteiger partial charge is 0.309 e. The summed E-state index contributed by atoms with van der Waals surface area (Å²) in [5, 5.41) is 35.1. The predicted octanol–water partition coefficient (Wildman–Crippen LogP) is 10.8. The van der Waals surface area contributed by atoms with Crippen LogP contribution in [0.15, 0.2) is 152 Å². The molecule has 0 amide bonds. The average molecular weight is 636 g/mol. The van der Waals surface area contributed by atoms with Crippen LogP contribution in [-0.4, -0.2) is 9.13 Å². The van der Waals surface area contributed by atoms with Crippen LogP contribution in [0.3, 0.4) is 0 Å². The minimum Gasteiger partial charge on any atom is -0.309 e. The molecule has 0 N–H and O–H groups in total. The Labute approximate surface area is 287 Å². The number of aromatic nitrogens is 2. The molecule has 9 aromatic rings. The lowest BCUT2D eigenvalue weighted by molar-refractivity contribution is 1.17. The van der Waals surface area contributed by atoms with Crippen LogP contribution in [0, 0.1) is 34.0 Å². The Bertz CT molecular complexity index is 2920. The number of fused-ring (bicyclic) bond motifs is 6. The van der Waals surface area contributed by atoms with Crippen LogP contribution >= 0.6 is 0 Å². The first kappa shape index (κ1) is 28.8. The second-order valence-corrected chi connectivity index (χ2v) is 12.3. The number of rotatable bonds is 4. The van der Waals surface area contributed by atoms with E-state index < -0.39 is 0 Å². The van der Waals surface area contributed by atoms with Gasteiger partial charge in [-0.3, -0.25) is 0 Å². The fourth-order valence-corrected chi connectivity index (χ4v) is 7.53. The Kier molecular flexibility index (Phi) is 6.56. The Morgan fingerprint density at radius 3 is 1.60 bits per heavy atom. The minimum atomic E-state index is 0.534. The van der Waals surface area contributed by atoms with E-state index in [-0.39, 0.29) is 0 Å². The molecule has 7 aromatic carbocycles. The van der Waals surface area contributed by atoms with Crippen LogP contribution in [0.1, 0.15) is 16.7 Å². The second-order valence-electron chi connectivity index (χ2n) is 12.3. The van der Waals surface area contributed by atoms with Crippen molar-refractivity contribution in [2.45, 2.75) is 0 Å². The van der Waals surface area contributed by atoms with E-state index in [0.29, 0.717) is 16.7 Å². The monoisotopic (exact) mass is 635 g/mol. The van der Waals surface area contributed by atoms with Crippen molar-refractivity contribution in [1.82, 2.24) is 9.13 Å². The summed E-state index contributed by atoms with van der Waals surface area (Å²) >= 11 is 0. The van der Waals surface area contributed by atoms with Crippen LogP contribution in [0.4, 0.5) is 0 Å². The van der Waals surface area contributed by atoms with Crippen molar-refractivity contribution in [3.8, 4) is 51.8 Å². The van der Waals surface area contributed by atoms with Gasteiger partial charge in [-0.25, -0.2) is 0 Å². The Hall–Kier alpha value is -7.39. The highest BCUT2D eigenvalue weighted by atomic mass is 15.0. The maximum Gasteiger partial charge on any atom is 0.101 e. The van der Waals surface area contributed by atoms with E-state index in [0.717, 1.165) is 77.2 Å². The summed E-state index contributed by atoms with van der Waals surface area (Å²) in [5.41, 5.74) is 10.8. The summed E-state index contributed by atoms with van der Waals surface area (Å²) in [4.78, 5) is 0. The SMILES string of the molecule is N#Cc1ccc2c(c1)c1ccccc1n2-c1ccccc1-c1c(C#N)cccc1-c1ccc(-n2c3ccccc3c3ccccc32)c(C#N)c1. The molecule has 9 rings (SSSR count). The summed E-state index contributed by atoms with van der Waals surface area (Å²) in [6.45, 7) is 0. The van der Waals surface area contributed by atoms with Crippen LogP contribution in [0.25, 0.3) is 77.2 Å². The van der Waals surface area contributed by atoms with Gasteiger partial charge in [0, 0.05) is 32.7 Å². The van der Waals surface area contributed by atoms with Crippen molar-refractivity contribution < 1.29 is 0 Å². The maximum atomic E-state index is 10.6. The summed E-state index contributed by atoms with van der Waals surface area (Å²) in [5.74, 6) is 0. The first-order valence-electron chi connectivity index (χ1n) is 16.3. The van der Waals surface area contributed by atoms with E-state index in [2.05, 4.69) is 75.9 Å². The molecule has 0 bridgehead atoms. The number of para-hydroxylation sites is 4. The number of nitriles is 3. The molecule has 0 aliphatic carbocycles. The first-order valence-corrected chi connectivity index (χ1v) is 16.3. The maximum absolute atomic E-state index is 10.6. The molecule has 0 unspecified atom stereocenters. The normalized spacial score (nSPS) is 11.1. The van der Waals surface area contributed by atoms with Gasteiger partial charge in [0.2, 0.25) is 0 Å². The van der Waals surface area contributed by atoms with Gasteiger partial charge in [-0.15, -0.1) is 0 Å². The smallest absolute Gasteiger partial charge is 0.101 e. The molecule has 0 fully saturated rings. The highest BCUT2D eigenvalue weighted by Gasteiger charge is 2.21. The van der Waals surface area contributed by atoms with Gasteiger partial charge in [0.1, 0.15) is 6.07 Å². The molecule has 50 heavy (non-hydrogen) atoms. The Morgan fingerprint density at radius 2 is 0.940 bits per heavy atom. The van der Waals surface area contributed by atoms with E-state index >= 15 is 0 Å². The summed E-state index contributed by atoms with van der Waals surface area (Å²) < 4.78 is 4.38. The number of hydrogen-bond acceptors (Lipinski definition) is 3. The zero-order valence-electron chi connectivity index (χ0n) is 26.7. The lowest BCUT2D eigenvalue weighted by atomic mass is 9.89. The van der Waals surface area contributed by atoms with E-state index in [4.69, 9.17) is 0 Å². The summed E-state index contributed by atoms with van der Waals surface area (Å²) in [6.07, 6.45) is 0. The van der Waals surface area contributed by atoms with Crippen LogP contribution in [-0.2, 0) is 0 Å². The zero-order chi connectivity index (χ0) is 33.8. The van der Waals surface area contributed by atoms with Gasteiger partial charge in [-0.1, -0.05) is 91.0 Å². The third-order valence-corrected chi connectivity index (χ3v) is 9.65. The van der Waals surface area contributed by atoms with E-state index in [1.54, 1.807) is 0 Å². The molecule has 5 nitrogen and oxygen atoms in total. The molecule has 0 radical (unpaired) electrons. The topological polar surface area (TPSA) is 81.2 Å². The molecule has 230 valence electrons. The molecule has 0 saturated carbocycles. The highest BCUT2D eigenvalue weighted by molar-refractivity contribution is 6.11. The van der Waals surface area contributed by atoms with Crippen molar-refractivity contribution in [2.75, 3.05) is 0 Å². The van der Waals surface area contributed by atoms with Gasteiger partial charge < -0.3 is 9.13 Å². The van der Waals surface area contributed by atoms with Gasteiger partial charge in [-0.2, -0.15) is 15.8 Å². The molecule has 2 aromatic heterocycles. The van der Waals surface area contributed by atoms with Gasteiger partial charge >= 0.3 is 0 Å². The van der Waals surface area contributed by atoms with Gasteiger partial charge in [0.25, 0.3) is 0 Å². The third-order valence-electron chi connectivity index (χ3n) is 9.65. The van der Waals surface area contributed by atoms with Crippen molar-refractivity contribution in [2.24, 2.45) is 0 Å².